The van der Waals surface area contributed by atoms with Gasteiger partial charge < -0.3 is 0 Å². The van der Waals surface area contributed by atoms with Crippen LogP contribution in [0.4, 0.5) is 0 Å². The van der Waals surface area contributed by atoms with Gasteiger partial charge in [-0.15, -0.1) is 0 Å². The lowest BCUT2D eigenvalue weighted by molar-refractivity contribution is 0.264. The average Bonchev–Trinajstić information content (AvgIpc) is 2.68. The summed E-state index contributed by atoms with van der Waals surface area (Å²) in [6.07, 6.45) is 23.9. The van der Waals surface area contributed by atoms with Gasteiger partial charge in [0, 0.05) is 0 Å². The molecule has 1 aromatic carbocycles. The number of hydrogen-bond donors (Lipinski definition) is 0. The molecule has 0 aliphatic heterocycles. The van der Waals surface area contributed by atoms with E-state index in [-0.39, 0.29) is 0 Å². The zero-order valence-electron chi connectivity index (χ0n) is 18.8. The summed E-state index contributed by atoms with van der Waals surface area (Å²) in [5.74, 6) is 0. The van der Waals surface area contributed by atoms with Crippen LogP contribution in [0.3, 0.4) is 0 Å². The number of unbranched alkanes of at least 4 members (excludes halogenated alkanes) is 8. The van der Waals surface area contributed by atoms with Crippen LogP contribution in [0, 0.1) is 6.92 Å². The summed E-state index contributed by atoms with van der Waals surface area (Å²) in [4.78, 5) is 0. The molecule has 1 fully saturated rings. The minimum Gasteiger partial charge on any atom is -0.0654 e. The molecule has 27 heavy (non-hydrogen) atoms. The van der Waals surface area contributed by atoms with E-state index in [0.29, 0.717) is 5.41 Å². The van der Waals surface area contributed by atoms with Gasteiger partial charge in [0.1, 0.15) is 0 Å². The molecule has 1 saturated carbocycles. The summed E-state index contributed by atoms with van der Waals surface area (Å²) >= 11 is 0. The van der Waals surface area contributed by atoms with E-state index in [2.05, 4.69) is 39.0 Å². The van der Waals surface area contributed by atoms with E-state index in [1.165, 1.54) is 109 Å². The van der Waals surface area contributed by atoms with Crippen LogP contribution in [0.15, 0.2) is 18.2 Å². The molecule has 2 rings (SSSR count). The first-order valence-corrected chi connectivity index (χ1v) is 12.3. The van der Waals surface area contributed by atoms with Gasteiger partial charge in [-0.2, -0.15) is 0 Å². The number of benzene rings is 1. The second kappa shape index (κ2) is 12.6. The Morgan fingerprint density at radius 2 is 1.37 bits per heavy atom. The third-order valence-corrected chi connectivity index (χ3v) is 7.00. The summed E-state index contributed by atoms with van der Waals surface area (Å²) in [6, 6.07) is 7.51. The zero-order valence-corrected chi connectivity index (χ0v) is 18.8. The van der Waals surface area contributed by atoms with E-state index >= 15 is 0 Å². The molecule has 0 amide bonds. The van der Waals surface area contributed by atoms with Crippen LogP contribution in [0.2, 0.25) is 0 Å². The fourth-order valence-corrected chi connectivity index (χ4v) is 5.36. The minimum atomic E-state index is 0.494. The van der Waals surface area contributed by atoms with Crippen molar-refractivity contribution >= 4 is 0 Å². The number of aryl methyl sites for hydroxylation is 2. The van der Waals surface area contributed by atoms with Crippen LogP contribution in [0.1, 0.15) is 133 Å². The Hall–Kier alpha value is -0.780. The third-order valence-electron chi connectivity index (χ3n) is 7.00. The lowest BCUT2D eigenvalue weighted by Crippen LogP contribution is -2.30. The van der Waals surface area contributed by atoms with Crippen molar-refractivity contribution in [2.45, 2.75) is 135 Å². The van der Waals surface area contributed by atoms with Gasteiger partial charge >= 0.3 is 0 Å². The zero-order chi connectivity index (χ0) is 19.4. The van der Waals surface area contributed by atoms with Gasteiger partial charge in [-0.3, -0.25) is 0 Å². The Morgan fingerprint density at radius 3 is 2.04 bits per heavy atom. The van der Waals surface area contributed by atoms with Crippen molar-refractivity contribution in [3.63, 3.8) is 0 Å². The van der Waals surface area contributed by atoms with E-state index in [9.17, 15) is 0 Å². The lowest BCUT2D eigenvalue weighted by Gasteiger charge is -2.39. The first-order valence-electron chi connectivity index (χ1n) is 12.3. The molecule has 1 aromatic rings. The first kappa shape index (κ1) is 22.5. The molecule has 0 aromatic heterocycles. The molecule has 0 heterocycles. The number of rotatable bonds is 13. The Bertz CT molecular complexity index is 507. The monoisotopic (exact) mass is 370 g/mol. The van der Waals surface area contributed by atoms with Crippen LogP contribution in [-0.4, -0.2) is 0 Å². The van der Waals surface area contributed by atoms with Gasteiger partial charge in [-0.05, 0) is 61.1 Å². The molecule has 1 aliphatic carbocycles. The van der Waals surface area contributed by atoms with Crippen LogP contribution >= 0.6 is 0 Å². The van der Waals surface area contributed by atoms with Gasteiger partial charge in [0.05, 0.1) is 0 Å². The summed E-state index contributed by atoms with van der Waals surface area (Å²) in [5.41, 5.74) is 5.33. The lowest BCUT2D eigenvalue weighted by atomic mass is 9.65. The van der Waals surface area contributed by atoms with Crippen molar-refractivity contribution in [1.29, 1.82) is 0 Å². The molecule has 0 nitrogen and oxygen atoms in total. The van der Waals surface area contributed by atoms with E-state index < -0.39 is 0 Å². The maximum atomic E-state index is 2.53. The fourth-order valence-electron chi connectivity index (χ4n) is 5.36. The highest BCUT2D eigenvalue weighted by atomic mass is 14.4. The largest absolute Gasteiger partial charge is 0.0654 e. The van der Waals surface area contributed by atoms with Crippen molar-refractivity contribution in [2.75, 3.05) is 0 Å². The fraction of sp³-hybridized carbons (Fsp3) is 0.778. The maximum absolute atomic E-state index is 2.53. The highest BCUT2D eigenvalue weighted by Gasteiger charge is 2.34. The Balaban J connectivity index is 1.95. The summed E-state index contributed by atoms with van der Waals surface area (Å²) in [6.45, 7) is 7.00. The summed E-state index contributed by atoms with van der Waals surface area (Å²) in [5, 5.41) is 0. The van der Waals surface area contributed by atoms with Crippen molar-refractivity contribution in [3.8, 4) is 0 Å². The van der Waals surface area contributed by atoms with Crippen LogP contribution in [0.5, 0.6) is 0 Å². The normalized spacial score (nSPS) is 16.6. The Kier molecular flexibility index (Phi) is 10.5. The second-order valence-electron chi connectivity index (χ2n) is 9.32. The molecule has 0 heteroatoms. The first-order chi connectivity index (χ1) is 13.2. The highest BCUT2D eigenvalue weighted by molar-refractivity contribution is 5.37. The van der Waals surface area contributed by atoms with Gasteiger partial charge in [0.25, 0.3) is 0 Å². The number of hydrogen-bond acceptors (Lipinski definition) is 0. The molecular weight excluding hydrogens is 324 g/mol. The Morgan fingerprint density at radius 1 is 0.741 bits per heavy atom. The van der Waals surface area contributed by atoms with Crippen LogP contribution < -0.4 is 0 Å². The molecule has 1 aliphatic rings. The smallest absolute Gasteiger partial charge is 0.00443 e. The van der Waals surface area contributed by atoms with Crippen molar-refractivity contribution in [3.05, 3.63) is 34.9 Å². The molecule has 0 atom stereocenters. The summed E-state index contributed by atoms with van der Waals surface area (Å²) in [7, 11) is 0. The topological polar surface area (TPSA) is 0 Å². The van der Waals surface area contributed by atoms with Gasteiger partial charge in [-0.1, -0.05) is 109 Å². The third kappa shape index (κ3) is 7.28. The molecule has 0 unspecified atom stereocenters. The van der Waals surface area contributed by atoms with Crippen LogP contribution in [0.25, 0.3) is 0 Å². The molecular formula is C27H46. The molecule has 154 valence electrons. The SMILES string of the molecule is CCCCCCCCCC1(c2ccc(CCCCC)cc2C)CCCCC1. The Labute approximate surface area is 170 Å². The minimum absolute atomic E-state index is 0.494. The summed E-state index contributed by atoms with van der Waals surface area (Å²) < 4.78 is 0. The van der Waals surface area contributed by atoms with E-state index in [0.717, 1.165) is 0 Å². The van der Waals surface area contributed by atoms with E-state index in [4.69, 9.17) is 0 Å². The average molecular weight is 371 g/mol. The highest BCUT2D eigenvalue weighted by Crippen LogP contribution is 2.44. The second-order valence-corrected chi connectivity index (χ2v) is 9.32. The molecule has 0 bridgehead atoms. The van der Waals surface area contributed by atoms with Gasteiger partial charge in [0.2, 0.25) is 0 Å². The molecule has 0 radical (unpaired) electrons. The maximum Gasteiger partial charge on any atom is -0.00443 e. The van der Waals surface area contributed by atoms with Gasteiger partial charge in [-0.25, -0.2) is 0 Å². The molecule has 0 N–H and O–H groups in total. The standard InChI is InChI=1S/C27H46/c1-4-6-8-9-10-11-14-20-27(21-15-12-16-22-27)26-19-18-25(23-24(26)3)17-13-7-5-2/h18-19,23H,4-17,20-22H2,1-3H3. The van der Waals surface area contributed by atoms with E-state index in [1.54, 1.807) is 16.7 Å². The quantitative estimate of drug-likeness (QED) is 0.304. The van der Waals surface area contributed by atoms with Gasteiger partial charge in [0.15, 0.2) is 0 Å². The molecule has 0 saturated heterocycles. The van der Waals surface area contributed by atoms with Crippen molar-refractivity contribution in [1.82, 2.24) is 0 Å². The molecule has 0 spiro atoms. The van der Waals surface area contributed by atoms with Crippen LogP contribution in [-0.2, 0) is 11.8 Å². The van der Waals surface area contributed by atoms with Crippen molar-refractivity contribution in [2.24, 2.45) is 0 Å². The van der Waals surface area contributed by atoms with E-state index in [1.807, 2.05) is 0 Å². The predicted octanol–water partition coefficient (Wildman–Crippen LogP) is 9.07. The predicted molar refractivity (Wildman–Crippen MR) is 122 cm³/mol. The van der Waals surface area contributed by atoms with Crippen molar-refractivity contribution < 1.29 is 0 Å².